The molecule has 0 saturated carbocycles. The Bertz CT molecular complexity index is 489. The molecule has 1 aromatic rings. The molecule has 1 aromatic carbocycles. The molecule has 2 fully saturated rings. The lowest BCUT2D eigenvalue weighted by molar-refractivity contribution is 0.0209. The molecular weight excluding hydrogens is 320 g/mol. The SMILES string of the molecule is O=Cc1ccc(N2CCC(N3CCOCC3)C2)cc1Br. The summed E-state index contributed by atoms with van der Waals surface area (Å²) >= 11 is 3.46. The van der Waals surface area contributed by atoms with Crippen LogP contribution < -0.4 is 4.90 Å². The summed E-state index contributed by atoms with van der Waals surface area (Å²) in [5.74, 6) is 0. The van der Waals surface area contributed by atoms with E-state index in [1.807, 2.05) is 18.2 Å². The highest BCUT2D eigenvalue weighted by molar-refractivity contribution is 9.10. The van der Waals surface area contributed by atoms with E-state index in [-0.39, 0.29) is 0 Å². The fraction of sp³-hybridized carbons (Fsp3) is 0.533. The normalized spacial score (nSPS) is 24.1. The minimum absolute atomic E-state index is 0.628. The average molecular weight is 339 g/mol. The molecule has 2 saturated heterocycles. The molecule has 0 radical (unpaired) electrons. The zero-order chi connectivity index (χ0) is 13.9. The van der Waals surface area contributed by atoms with Gasteiger partial charge in [-0.15, -0.1) is 0 Å². The van der Waals surface area contributed by atoms with E-state index in [1.165, 1.54) is 12.1 Å². The number of rotatable bonds is 3. The fourth-order valence-electron chi connectivity index (χ4n) is 3.03. The number of ether oxygens (including phenoxy) is 1. The molecule has 20 heavy (non-hydrogen) atoms. The summed E-state index contributed by atoms with van der Waals surface area (Å²) < 4.78 is 6.29. The predicted octanol–water partition coefficient (Wildman–Crippen LogP) is 2.17. The van der Waals surface area contributed by atoms with Gasteiger partial charge in [0, 0.05) is 47.9 Å². The van der Waals surface area contributed by atoms with Gasteiger partial charge < -0.3 is 9.64 Å². The van der Waals surface area contributed by atoms with Crippen molar-refractivity contribution in [3.63, 3.8) is 0 Å². The lowest BCUT2D eigenvalue weighted by atomic mass is 10.2. The molecule has 3 rings (SSSR count). The lowest BCUT2D eigenvalue weighted by Crippen LogP contribution is -2.44. The number of morpholine rings is 1. The van der Waals surface area contributed by atoms with Crippen LogP contribution >= 0.6 is 15.9 Å². The van der Waals surface area contributed by atoms with E-state index in [9.17, 15) is 4.79 Å². The molecule has 108 valence electrons. The van der Waals surface area contributed by atoms with Crippen molar-refractivity contribution in [2.75, 3.05) is 44.3 Å². The number of carbonyl (C=O) groups is 1. The number of aldehydes is 1. The topological polar surface area (TPSA) is 32.8 Å². The van der Waals surface area contributed by atoms with Crippen molar-refractivity contribution in [3.05, 3.63) is 28.2 Å². The number of hydrogen-bond donors (Lipinski definition) is 0. The van der Waals surface area contributed by atoms with Crippen molar-refractivity contribution in [1.29, 1.82) is 0 Å². The maximum Gasteiger partial charge on any atom is 0.151 e. The first-order valence-electron chi connectivity index (χ1n) is 7.09. The Morgan fingerprint density at radius 3 is 2.75 bits per heavy atom. The van der Waals surface area contributed by atoms with E-state index in [1.54, 1.807) is 0 Å². The van der Waals surface area contributed by atoms with Crippen LogP contribution in [0.5, 0.6) is 0 Å². The van der Waals surface area contributed by atoms with Gasteiger partial charge >= 0.3 is 0 Å². The highest BCUT2D eigenvalue weighted by atomic mass is 79.9. The number of benzene rings is 1. The van der Waals surface area contributed by atoms with Crippen molar-refractivity contribution >= 4 is 27.9 Å². The van der Waals surface area contributed by atoms with Gasteiger partial charge in [-0.25, -0.2) is 0 Å². The van der Waals surface area contributed by atoms with Gasteiger partial charge in [0.05, 0.1) is 13.2 Å². The second-order valence-electron chi connectivity index (χ2n) is 5.36. The standard InChI is InChI=1S/C15H19BrN2O2/c16-15-9-13(2-1-12(15)11-19)18-4-3-14(10-18)17-5-7-20-8-6-17/h1-2,9,11,14H,3-8,10H2. The van der Waals surface area contributed by atoms with Crippen LogP contribution in [0, 0.1) is 0 Å². The van der Waals surface area contributed by atoms with Gasteiger partial charge in [0.1, 0.15) is 0 Å². The third-order valence-electron chi connectivity index (χ3n) is 4.20. The number of hydrogen-bond acceptors (Lipinski definition) is 4. The first-order chi connectivity index (χ1) is 9.78. The number of anilines is 1. The van der Waals surface area contributed by atoms with Crippen LogP contribution in [0.2, 0.25) is 0 Å². The minimum Gasteiger partial charge on any atom is -0.379 e. The van der Waals surface area contributed by atoms with Crippen molar-refractivity contribution in [2.24, 2.45) is 0 Å². The molecule has 1 atom stereocenters. The van der Waals surface area contributed by atoms with Gasteiger partial charge in [-0.1, -0.05) is 0 Å². The Labute approximate surface area is 127 Å². The largest absolute Gasteiger partial charge is 0.379 e. The second kappa shape index (κ2) is 6.24. The summed E-state index contributed by atoms with van der Waals surface area (Å²) in [5, 5.41) is 0. The molecule has 0 amide bonds. The van der Waals surface area contributed by atoms with Gasteiger partial charge in [0.2, 0.25) is 0 Å². The first-order valence-corrected chi connectivity index (χ1v) is 7.88. The molecule has 0 N–H and O–H groups in total. The van der Waals surface area contributed by atoms with Gasteiger partial charge in [-0.2, -0.15) is 0 Å². The van der Waals surface area contributed by atoms with Gasteiger partial charge in [-0.3, -0.25) is 9.69 Å². The van der Waals surface area contributed by atoms with E-state index in [4.69, 9.17) is 4.74 Å². The Morgan fingerprint density at radius 2 is 2.05 bits per heavy atom. The van der Waals surface area contributed by atoms with Crippen LogP contribution in [0.15, 0.2) is 22.7 Å². The third-order valence-corrected chi connectivity index (χ3v) is 4.89. The summed E-state index contributed by atoms with van der Waals surface area (Å²) in [7, 11) is 0. The molecule has 5 heteroatoms. The molecule has 2 aliphatic heterocycles. The van der Waals surface area contributed by atoms with Crippen LogP contribution in [-0.4, -0.2) is 56.6 Å². The predicted molar refractivity (Wildman–Crippen MR) is 82.5 cm³/mol. The average Bonchev–Trinajstić information content (AvgIpc) is 2.98. The number of nitrogens with zero attached hydrogens (tertiary/aromatic N) is 2. The Morgan fingerprint density at radius 1 is 1.25 bits per heavy atom. The molecule has 4 nitrogen and oxygen atoms in total. The molecule has 2 aliphatic rings. The summed E-state index contributed by atoms with van der Waals surface area (Å²) in [5.41, 5.74) is 1.90. The van der Waals surface area contributed by atoms with Crippen molar-refractivity contribution in [3.8, 4) is 0 Å². The van der Waals surface area contributed by atoms with E-state index in [0.29, 0.717) is 11.6 Å². The van der Waals surface area contributed by atoms with Crippen LogP contribution in [0.3, 0.4) is 0 Å². The number of halogens is 1. The monoisotopic (exact) mass is 338 g/mol. The Hall–Kier alpha value is -0.910. The minimum atomic E-state index is 0.628. The number of carbonyl (C=O) groups excluding carboxylic acids is 1. The van der Waals surface area contributed by atoms with E-state index in [2.05, 4.69) is 25.7 Å². The van der Waals surface area contributed by atoms with E-state index < -0.39 is 0 Å². The quantitative estimate of drug-likeness (QED) is 0.791. The van der Waals surface area contributed by atoms with E-state index in [0.717, 1.165) is 50.2 Å². The van der Waals surface area contributed by atoms with Crippen molar-refractivity contribution < 1.29 is 9.53 Å². The molecule has 0 aromatic heterocycles. The van der Waals surface area contributed by atoms with Crippen LogP contribution in [0.1, 0.15) is 16.8 Å². The maximum atomic E-state index is 10.9. The zero-order valence-electron chi connectivity index (χ0n) is 11.4. The van der Waals surface area contributed by atoms with Crippen molar-refractivity contribution in [1.82, 2.24) is 4.90 Å². The Kier molecular flexibility index (Phi) is 4.38. The first kappa shape index (κ1) is 14.0. The highest BCUT2D eigenvalue weighted by Crippen LogP contribution is 2.27. The lowest BCUT2D eigenvalue weighted by Gasteiger charge is -2.32. The fourth-order valence-corrected chi connectivity index (χ4v) is 3.49. The molecule has 2 heterocycles. The van der Waals surface area contributed by atoms with Gasteiger partial charge in [0.25, 0.3) is 0 Å². The van der Waals surface area contributed by atoms with Crippen LogP contribution in [0.25, 0.3) is 0 Å². The molecule has 1 unspecified atom stereocenters. The second-order valence-corrected chi connectivity index (χ2v) is 6.21. The summed E-state index contributed by atoms with van der Waals surface area (Å²) in [4.78, 5) is 15.8. The molecule has 0 bridgehead atoms. The summed E-state index contributed by atoms with van der Waals surface area (Å²) in [6.07, 6.45) is 2.08. The highest BCUT2D eigenvalue weighted by Gasteiger charge is 2.28. The van der Waals surface area contributed by atoms with Gasteiger partial charge in [0.15, 0.2) is 6.29 Å². The molecule has 0 spiro atoms. The third kappa shape index (κ3) is 2.90. The molecule has 0 aliphatic carbocycles. The van der Waals surface area contributed by atoms with Crippen molar-refractivity contribution in [2.45, 2.75) is 12.5 Å². The maximum absolute atomic E-state index is 10.9. The summed E-state index contributed by atoms with van der Waals surface area (Å²) in [6.45, 7) is 5.95. The molecular formula is C15H19BrN2O2. The van der Waals surface area contributed by atoms with Crippen LogP contribution in [0.4, 0.5) is 5.69 Å². The smallest absolute Gasteiger partial charge is 0.151 e. The van der Waals surface area contributed by atoms with Crippen LogP contribution in [-0.2, 0) is 4.74 Å². The zero-order valence-corrected chi connectivity index (χ0v) is 13.0. The summed E-state index contributed by atoms with van der Waals surface area (Å²) in [6, 6.07) is 6.60. The Balaban J connectivity index is 1.67. The van der Waals surface area contributed by atoms with Gasteiger partial charge in [-0.05, 0) is 40.5 Å². The van der Waals surface area contributed by atoms with E-state index >= 15 is 0 Å².